The number of halogens is 2. The van der Waals surface area contributed by atoms with Gasteiger partial charge in [0, 0.05) is 40.6 Å². The highest BCUT2D eigenvalue weighted by Crippen LogP contribution is 2.42. The molecule has 0 unspecified atom stereocenters. The zero-order chi connectivity index (χ0) is 32.9. The zero-order valence-corrected chi connectivity index (χ0v) is 26.1. The third kappa shape index (κ3) is 7.54. The summed E-state index contributed by atoms with van der Waals surface area (Å²) in [6.07, 6.45) is 0.939. The van der Waals surface area contributed by atoms with Gasteiger partial charge in [0.1, 0.15) is 5.75 Å². The van der Waals surface area contributed by atoms with Crippen LogP contribution in [0.25, 0.3) is 32.9 Å². The van der Waals surface area contributed by atoms with Crippen LogP contribution in [-0.4, -0.2) is 38.4 Å². The number of aliphatic hydroxyl groups is 1. The van der Waals surface area contributed by atoms with Crippen molar-refractivity contribution in [2.75, 3.05) is 6.61 Å². The van der Waals surface area contributed by atoms with Crippen molar-refractivity contribution in [3.8, 4) is 16.9 Å². The number of nitrogens with zero attached hydrogens (tertiary/aromatic N) is 2. The van der Waals surface area contributed by atoms with Crippen LogP contribution in [-0.2, 0) is 24.2 Å². The maximum Gasteiger partial charge on any atom is 0.290 e. The molecule has 7 nitrogen and oxygen atoms in total. The molecule has 2 aromatic heterocycles. The van der Waals surface area contributed by atoms with Gasteiger partial charge >= 0.3 is 0 Å². The van der Waals surface area contributed by atoms with E-state index in [9.17, 15) is 13.6 Å². The number of benzene rings is 3. The van der Waals surface area contributed by atoms with Gasteiger partial charge in [-0.25, -0.2) is 8.78 Å². The number of ether oxygens (including phenoxy) is 1. The number of alkyl halides is 2. The predicted molar refractivity (Wildman–Crippen MR) is 173 cm³/mol. The molecule has 0 spiro atoms. The van der Waals surface area contributed by atoms with Crippen LogP contribution in [0.4, 0.5) is 8.78 Å². The van der Waals surface area contributed by atoms with Crippen LogP contribution in [0.15, 0.2) is 71.7 Å². The van der Waals surface area contributed by atoms with Crippen LogP contribution in [0.1, 0.15) is 61.9 Å². The van der Waals surface area contributed by atoms with E-state index in [4.69, 9.17) is 24.7 Å². The summed E-state index contributed by atoms with van der Waals surface area (Å²) in [5.41, 5.74) is 7.14. The number of fused-ring (bicyclic) bond motifs is 1. The van der Waals surface area contributed by atoms with Crippen LogP contribution < -0.4 is 10.3 Å². The summed E-state index contributed by atoms with van der Waals surface area (Å²) in [6.45, 7) is 10.0. The van der Waals surface area contributed by atoms with Crippen molar-refractivity contribution in [2.45, 2.75) is 66.0 Å². The molecule has 0 saturated heterocycles. The van der Waals surface area contributed by atoms with E-state index in [0.29, 0.717) is 12.2 Å². The Bertz CT molecular complexity index is 1880. The van der Waals surface area contributed by atoms with Gasteiger partial charge in [-0.15, -0.1) is 0 Å². The van der Waals surface area contributed by atoms with E-state index >= 15 is 0 Å². The fraction of sp³-hybridized carbons (Fsp3) is 0.306. The van der Waals surface area contributed by atoms with Crippen molar-refractivity contribution in [2.24, 2.45) is 0 Å². The second kappa shape index (κ2) is 14.0. The molecule has 9 heteroatoms. The Morgan fingerprint density at radius 3 is 2.47 bits per heavy atom. The topological polar surface area (TPSA) is 102 Å². The number of aromatic nitrogens is 2. The second-order valence-electron chi connectivity index (χ2n) is 11.8. The molecule has 5 aromatic rings. The second-order valence-corrected chi connectivity index (χ2v) is 11.8. The number of pyridine rings is 2. The lowest BCUT2D eigenvalue weighted by Crippen LogP contribution is -2.20. The molecule has 236 valence electrons. The first-order valence-electron chi connectivity index (χ1n) is 14.7. The van der Waals surface area contributed by atoms with Gasteiger partial charge in [-0.2, -0.15) is 0 Å². The summed E-state index contributed by atoms with van der Waals surface area (Å²) in [5, 5.41) is 17.4. The highest BCUT2D eigenvalue weighted by molar-refractivity contribution is 6.07. The molecule has 0 aliphatic carbocycles. The molecule has 2 N–H and O–H groups in total. The van der Waals surface area contributed by atoms with E-state index in [1.165, 1.54) is 23.3 Å². The summed E-state index contributed by atoms with van der Waals surface area (Å²) in [7, 11) is 0. The van der Waals surface area contributed by atoms with Crippen LogP contribution in [0.5, 0.6) is 5.75 Å². The van der Waals surface area contributed by atoms with Crippen molar-refractivity contribution < 1.29 is 28.5 Å². The molecule has 0 radical (unpaired) electrons. The van der Waals surface area contributed by atoms with Crippen LogP contribution in [0.3, 0.4) is 0 Å². The SMILES string of the molecule is CC(C)(C)O.CCc1c(C)cc2c(ccc(=O)n2Cc2cccc(C(F)F)c2)c1-c1ccc2c3c(ccnc13)CCO2.O=CO. The third-order valence-corrected chi connectivity index (χ3v) is 7.36. The standard InChI is InChI=1S/C31H26F2N2O2.C4H10O.CH2O2/c1-3-22-18(2)15-25-23(8-10-27(36)35(25)17-19-5-4-6-21(16-19)31(32)33)29(22)24-7-9-26-28-20(12-14-37-26)11-13-34-30(24)28;1-4(2,3)5;2-1-3/h4-11,13,15-16,31H,3,12,14,17H2,1-2H3;5H,1-3H3;1H,(H,2,3). The number of carbonyl (C=O) groups is 1. The monoisotopic (exact) mass is 616 g/mol. The molecule has 0 atom stereocenters. The Labute approximate surface area is 260 Å². The van der Waals surface area contributed by atoms with E-state index in [-0.39, 0.29) is 24.1 Å². The fourth-order valence-corrected chi connectivity index (χ4v) is 5.65. The first kappa shape index (κ1) is 33.3. The van der Waals surface area contributed by atoms with Crippen molar-refractivity contribution in [3.63, 3.8) is 0 Å². The van der Waals surface area contributed by atoms with E-state index in [2.05, 4.69) is 26.0 Å². The molecule has 1 aliphatic heterocycles. The molecule has 0 saturated carbocycles. The van der Waals surface area contributed by atoms with E-state index in [1.807, 2.05) is 24.4 Å². The Kier molecular flexibility index (Phi) is 10.3. The molecule has 0 fully saturated rings. The maximum absolute atomic E-state index is 13.3. The Morgan fingerprint density at radius 1 is 1.09 bits per heavy atom. The molecule has 1 aliphatic rings. The summed E-state index contributed by atoms with van der Waals surface area (Å²) in [6, 6.07) is 17.9. The average Bonchev–Trinajstić information content (AvgIpc) is 2.98. The highest BCUT2D eigenvalue weighted by atomic mass is 19.3. The molecule has 45 heavy (non-hydrogen) atoms. The van der Waals surface area contributed by atoms with Gasteiger partial charge in [-0.1, -0.05) is 25.1 Å². The summed E-state index contributed by atoms with van der Waals surface area (Å²) in [5.74, 6) is 0.846. The van der Waals surface area contributed by atoms with Crippen molar-refractivity contribution in [3.05, 3.63) is 105 Å². The van der Waals surface area contributed by atoms with Crippen molar-refractivity contribution >= 4 is 28.3 Å². The summed E-state index contributed by atoms with van der Waals surface area (Å²) in [4.78, 5) is 26.3. The lowest BCUT2D eigenvalue weighted by atomic mass is 9.88. The summed E-state index contributed by atoms with van der Waals surface area (Å²) >= 11 is 0. The minimum atomic E-state index is -2.56. The highest BCUT2D eigenvalue weighted by Gasteiger charge is 2.22. The van der Waals surface area contributed by atoms with Crippen molar-refractivity contribution in [1.82, 2.24) is 9.55 Å². The van der Waals surface area contributed by atoms with Crippen LogP contribution in [0, 0.1) is 6.92 Å². The molecular formula is C36H38F2N2O5. The first-order valence-corrected chi connectivity index (χ1v) is 14.7. The predicted octanol–water partition coefficient (Wildman–Crippen LogP) is 7.49. The van der Waals surface area contributed by atoms with Gasteiger partial charge in [-0.3, -0.25) is 14.6 Å². The molecule has 6 rings (SSSR count). The van der Waals surface area contributed by atoms with E-state index in [0.717, 1.165) is 57.1 Å². The summed E-state index contributed by atoms with van der Waals surface area (Å²) < 4.78 is 34.3. The molecule has 3 aromatic carbocycles. The molecule has 0 amide bonds. The van der Waals surface area contributed by atoms with Gasteiger partial charge in [0.05, 0.1) is 29.8 Å². The minimum absolute atomic E-state index is 0.0481. The van der Waals surface area contributed by atoms with E-state index < -0.39 is 12.0 Å². The smallest absolute Gasteiger partial charge is 0.290 e. The largest absolute Gasteiger partial charge is 0.493 e. The van der Waals surface area contributed by atoms with Gasteiger partial charge < -0.3 is 19.5 Å². The first-order chi connectivity index (χ1) is 21.4. The minimum Gasteiger partial charge on any atom is -0.493 e. The van der Waals surface area contributed by atoms with Crippen LogP contribution >= 0.6 is 0 Å². The normalized spacial score (nSPS) is 12.2. The molecule has 0 bridgehead atoms. The Morgan fingerprint density at radius 2 is 1.80 bits per heavy atom. The number of hydrogen-bond acceptors (Lipinski definition) is 5. The van der Waals surface area contributed by atoms with Gasteiger partial charge in [0.2, 0.25) is 0 Å². The lowest BCUT2D eigenvalue weighted by molar-refractivity contribution is -0.122. The Balaban J connectivity index is 0.000000518. The number of rotatable bonds is 5. The van der Waals surface area contributed by atoms with E-state index in [1.54, 1.807) is 43.5 Å². The average molecular weight is 617 g/mol. The molecule has 3 heterocycles. The van der Waals surface area contributed by atoms with Gasteiger partial charge in [-0.05, 0) is 98.3 Å². The number of hydrogen-bond donors (Lipinski definition) is 2. The lowest BCUT2D eigenvalue weighted by Gasteiger charge is -2.22. The van der Waals surface area contributed by atoms with Crippen molar-refractivity contribution in [1.29, 1.82) is 0 Å². The van der Waals surface area contributed by atoms with Gasteiger partial charge in [0.15, 0.2) is 0 Å². The number of aryl methyl sites for hydroxylation is 1. The quantitative estimate of drug-likeness (QED) is 0.199. The van der Waals surface area contributed by atoms with Gasteiger partial charge in [0.25, 0.3) is 18.5 Å². The third-order valence-electron chi connectivity index (χ3n) is 7.36. The van der Waals surface area contributed by atoms with Crippen LogP contribution in [0.2, 0.25) is 0 Å². The zero-order valence-electron chi connectivity index (χ0n) is 26.1. The number of carboxylic acid groups (broad SMARTS) is 1. The molecular weight excluding hydrogens is 578 g/mol. The maximum atomic E-state index is 13.3. The fourth-order valence-electron chi connectivity index (χ4n) is 5.65. The Hall–Kier alpha value is -4.63.